The van der Waals surface area contributed by atoms with Gasteiger partial charge in [-0.3, -0.25) is 33.1 Å². The van der Waals surface area contributed by atoms with Gasteiger partial charge in [-0.1, -0.05) is 45.7 Å². The summed E-state index contributed by atoms with van der Waals surface area (Å²) in [5.74, 6) is 5.51. The molecule has 1 aromatic rings. The summed E-state index contributed by atoms with van der Waals surface area (Å²) in [6.45, 7) is 40.5. The number of aromatic nitrogens is 2. The number of rotatable bonds is 26. The summed E-state index contributed by atoms with van der Waals surface area (Å²) < 4.78 is 42.7. The van der Waals surface area contributed by atoms with E-state index in [4.69, 9.17) is 45.4 Å². The Morgan fingerprint density at radius 1 is 0.459 bits per heavy atom. The molecule has 0 aromatic carbocycles. The molecular weight excluding hydrogens is 1850 g/mol. The van der Waals surface area contributed by atoms with Gasteiger partial charge in [-0.2, -0.15) is 0 Å². The van der Waals surface area contributed by atoms with Crippen molar-refractivity contribution in [3.8, 4) is 11.8 Å². The first kappa shape index (κ1) is 113. The molecule has 12 heterocycles. The molecule has 43 heteroatoms. The van der Waals surface area contributed by atoms with E-state index in [0.717, 1.165) is 58.9 Å². The largest absolute Gasteiger partial charge is 0.391 e. The fraction of sp³-hybridized carbons (Fsp3) is 0.589. The number of hydrogen-bond acceptors (Lipinski definition) is 29. The Morgan fingerprint density at radius 2 is 0.820 bits per heavy atom. The second-order valence-corrected chi connectivity index (χ2v) is 65.1. The first-order valence-electron chi connectivity index (χ1n) is 43.5. The minimum atomic E-state index is -1.27. The molecule has 6 unspecified atom stereocenters. The lowest BCUT2D eigenvalue weighted by Gasteiger charge is -2.34. The highest BCUT2D eigenvalue weighted by molar-refractivity contribution is 7.80. The standard InChI is InChI=1S/C17H25N2O4P.C15H25N2O5P.C15H25N2O4P.C15H25N2O3P.C14H23N2O5P.C14H23N2O3PS/c1-6-7-12-10-19(11(2)18-16(12)22)17-15(21)14(20)13(23-17)8-9-24(3,4)5;1-9-16-14(21)10(8-18)7-17(9)15-13(20)12(19)11(22-15)5-6-23(2,3)4;1-10-16-12(18)6-8-17(10)15-14(20-2)13(19)11(21-15)7-9-22(3,4)5;1-10-14(19)12(7-9-21(3,4)5)20-15(10)17-8-6-13(18)16-11(17)2;1-15-10(17)5-7-16(14(15)20)13-12(19)11(18)9(21-13)6-8-22(2,3)4;1-8-9(7-15-14(21)16-8)13-12(18)11(17)10(19-13)5-6-20(2,3)4/h10,13-15,17,20-21H,2-3,8-9H2,1,4-5H3,(H,18,22);7,11-13,15,18-20H,1-2,5-6,8H2,3-4H3,(H,16,21);6,8,11,13-15,19H,1,3,7,9H2,2,4-5H3,(H,16,18);6,8,10,12,14-15,19H,2-3,7,9H2,1,4-5H3,(H,16,18);5,7,9,11-13,18-19H,2,6,8H2,1,3-4H3;7,10-13,17-18H,1-2,5-6H2,3-4H3,(H2,15,16,21)/t13?,14-,15-,17-;11?,12-,13-,15-;11?,13-,14-,15-;10-,12?,14+,15-;9?,11-,12-,13-;10?,11-,12-,13+/m111111/s1. The van der Waals surface area contributed by atoms with Crippen molar-refractivity contribution in [3.05, 3.63) is 155 Å². The van der Waals surface area contributed by atoms with Crippen LogP contribution in [0.5, 0.6) is 0 Å². The predicted octanol–water partition coefficient (Wildman–Crippen LogP) is 1.20. The van der Waals surface area contributed by atoms with E-state index in [1.807, 2.05) is 6.92 Å². The van der Waals surface area contributed by atoms with E-state index in [9.17, 15) is 84.9 Å². The number of carbonyl (C=O) groups excluding carboxylic acids is 4. The van der Waals surface area contributed by atoms with Crippen LogP contribution in [-0.4, -0.2) is 417 Å². The number of ether oxygens (including phenoxy) is 7. The van der Waals surface area contributed by atoms with Crippen LogP contribution < -0.4 is 43.1 Å². The smallest absolute Gasteiger partial charge is 0.332 e. The Morgan fingerprint density at radius 3 is 1.23 bits per heavy atom. The SMILES string of the molecule is C=C1NC(=O)C(C#CC)=CN1[C@@H]1OC(CCP(=C)(C)C)[C@@H](O)[C@H]1O.C=C1NC(=O)C(CO)=CN1[C@@H]1OC(CCP(=C)(C)C)[C@@H](O)[C@H]1O.C=C1NC(=O)C=CN1[C@@H]1OC(CCP(=C)(C)C)[C@@H](O)[C@H]1C.C=C1NC(=O)C=CN1[C@@H]1OC(CCP(=C)(C)C)[C@@H](O)[C@H]1OC.C=C1NC(=S)NC=C1[C@@H]1OC(CCP(=C)(C)C)[C@@H](O)[C@H]1O.C=P(C)(C)CCC1O[C@@H](n2ccc(=O)n(C)c2=O)[C@H](O)[C@@H]1O. The number of aliphatic hydroxyl groups excluding tert-OH is 11. The summed E-state index contributed by atoms with van der Waals surface area (Å²) in [6, 6.07) is 1.22. The minimum absolute atomic E-state index is 0.0577. The number of carbonyl (C=O) groups is 4. The molecule has 17 N–H and O–H groups in total. The van der Waals surface area contributed by atoms with Crippen LogP contribution in [0.2, 0.25) is 0 Å². The Bertz CT molecular complexity index is 5110. The molecule has 746 valence electrons. The van der Waals surface area contributed by atoms with Gasteiger partial charge in [-0.05, 0) is 175 Å². The van der Waals surface area contributed by atoms with Crippen molar-refractivity contribution in [2.45, 2.75) is 193 Å². The summed E-state index contributed by atoms with van der Waals surface area (Å²) >= 11 is 4.99. The van der Waals surface area contributed by atoms with E-state index in [1.54, 1.807) is 42.4 Å². The summed E-state index contributed by atoms with van der Waals surface area (Å²) in [5, 5.41) is 129. The van der Waals surface area contributed by atoms with Crippen LogP contribution in [0.15, 0.2) is 144 Å². The fourth-order valence-electron chi connectivity index (χ4n) is 15.5. The van der Waals surface area contributed by atoms with E-state index in [-0.39, 0.29) is 71.0 Å². The normalized spacial score (nSPS) is 31.8. The Kier molecular flexibility index (Phi) is 40.9. The summed E-state index contributed by atoms with van der Waals surface area (Å²) in [5.41, 5.74) is 0.630. The highest BCUT2D eigenvalue weighted by Gasteiger charge is 2.52. The van der Waals surface area contributed by atoms with Crippen molar-refractivity contribution in [1.29, 1.82) is 0 Å². The zero-order valence-corrected chi connectivity index (χ0v) is 85.7. The van der Waals surface area contributed by atoms with Crippen molar-refractivity contribution < 1.29 is 109 Å². The molecule has 12 rings (SSSR count). The van der Waals surface area contributed by atoms with Crippen LogP contribution in [0.25, 0.3) is 0 Å². The number of nitrogens with one attached hydrogen (secondary N) is 6. The fourth-order valence-corrected chi connectivity index (χ4v) is 21.4. The van der Waals surface area contributed by atoms with Gasteiger partial charge >= 0.3 is 5.69 Å². The molecule has 0 aliphatic carbocycles. The van der Waals surface area contributed by atoms with Crippen molar-refractivity contribution in [2.75, 3.05) is 131 Å². The van der Waals surface area contributed by atoms with Crippen molar-refractivity contribution in [2.24, 2.45) is 13.0 Å². The van der Waals surface area contributed by atoms with Gasteiger partial charge in [-0.25, -0.2) is 4.79 Å². The molecule has 133 heavy (non-hydrogen) atoms. The molecular formula is C90H146N12O24P6S. The van der Waals surface area contributed by atoms with Gasteiger partial charge in [0.15, 0.2) is 30.0 Å². The predicted molar refractivity (Wildman–Crippen MR) is 543 cm³/mol. The Balaban J connectivity index is 0.000000218. The van der Waals surface area contributed by atoms with E-state index in [1.165, 1.54) is 53.7 Å². The summed E-state index contributed by atoms with van der Waals surface area (Å²) in [7, 11) is 2.89. The number of nitrogens with zero attached hydrogens (tertiary/aromatic N) is 6. The van der Waals surface area contributed by atoms with Gasteiger partial charge in [0, 0.05) is 86.8 Å². The van der Waals surface area contributed by atoms with Gasteiger partial charge < -0.3 is 141 Å². The quantitative estimate of drug-likeness (QED) is 0.0352. The molecule has 1 aromatic heterocycles. The van der Waals surface area contributed by atoms with Gasteiger partial charge in [0.2, 0.25) is 0 Å². The number of hydrogen-bond donors (Lipinski definition) is 17. The highest BCUT2D eigenvalue weighted by Crippen LogP contribution is 2.46. The lowest BCUT2D eigenvalue weighted by atomic mass is 9.99. The minimum Gasteiger partial charge on any atom is -0.391 e. The molecule has 6 saturated heterocycles. The van der Waals surface area contributed by atoms with E-state index >= 15 is 0 Å². The summed E-state index contributed by atoms with van der Waals surface area (Å²) in [6.07, 6.45) is 29.5. The molecule has 0 radical (unpaired) electrons. The molecule has 36 nitrogen and oxygen atoms in total. The van der Waals surface area contributed by atoms with Crippen LogP contribution in [0.1, 0.15) is 58.6 Å². The third-order valence-corrected chi connectivity index (χ3v) is 32.3. The maximum Gasteiger partial charge on any atom is 0.332 e. The molecule has 0 spiro atoms. The van der Waals surface area contributed by atoms with E-state index < -0.39 is 182 Å². The second-order valence-electron chi connectivity index (χ2n) is 38.8. The first-order chi connectivity index (χ1) is 61.5. The van der Waals surface area contributed by atoms with Crippen molar-refractivity contribution >= 4 is 120 Å². The molecule has 0 saturated carbocycles. The Labute approximate surface area is 788 Å². The molecule has 11 aliphatic heterocycles. The van der Waals surface area contributed by atoms with Crippen LogP contribution in [0.3, 0.4) is 0 Å². The Hall–Kier alpha value is -6.51. The average Bonchev–Trinajstić information content (AvgIpc) is 1.66. The molecule has 0 bridgehead atoms. The lowest BCUT2D eigenvalue weighted by molar-refractivity contribution is -0.120. The zero-order chi connectivity index (χ0) is 100. The van der Waals surface area contributed by atoms with Gasteiger partial charge in [-0.15, -0.1) is 85.0 Å². The molecule has 4 amide bonds. The van der Waals surface area contributed by atoms with Crippen LogP contribution in [0.4, 0.5) is 0 Å². The number of amides is 4. The molecule has 6 fully saturated rings. The maximum absolute atomic E-state index is 12.1. The third kappa shape index (κ3) is 32.0. The topological polar surface area (TPSA) is 485 Å². The van der Waals surface area contributed by atoms with Crippen molar-refractivity contribution in [3.63, 3.8) is 0 Å². The lowest BCUT2D eigenvalue weighted by Crippen LogP contribution is -2.48. The monoisotopic (exact) mass is 2000 g/mol. The van der Waals surface area contributed by atoms with Gasteiger partial charge in [0.1, 0.15) is 102 Å². The number of thiocarbonyl (C=S) groups is 1. The van der Waals surface area contributed by atoms with Crippen LogP contribution in [0, 0.1) is 17.8 Å². The molecule has 24 atom stereocenters. The second kappa shape index (κ2) is 47.9. The van der Waals surface area contributed by atoms with Gasteiger partial charge in [0.05, 0.1) is 54.9 Å². The zero-order valence-electron chi connectivity index (χ0n) is 79.5. The summed E-state index contributed by atoms with van der Waals surface area (Å²) in [4.78, 5) is 76.0. The number of aliphatic hydroxyl groups is 11. The molecule has 11 aliphatic rings. The van der Waals surface area contributed by atoms with E-state index in [0.29, 0.717) is 53.7 Å². The van der Waals surface area contributed by atoms with Crippen LogP contribution in [-0.2, 0) is 59.4 Å². The van der Waals surface area contributed by atoms with Crippen LogP contribution >= 0.6 is 53.5 Å². The van der Waals surface area contributed by atoms with E-state index in [2.05, 4.69) is 194 Å². The maximum atomic E-state index is 12.1. The highest BCUT2D eigenvalue weighted by atomic mass is 32.1. The first-order valence-corrected chi connectivity index (χ1v) is 62.2. The average molecular weight is 2000 g/mol. The van der Waals surface area contributed by atoms with Crippen molar-refractivity contribution in [1.82, 2.24) is 60.6 Å². The third-order valence-electron chi connectivity index (χ3n) is 23.2. The number of methoxy groups -OCH3 is 1. The van der Waals surface area contributed by atoms with Gasteiger partial charge in [0.25, 0.3) is 29.2 Å².